The molecule has 114 valence electrons. The second-order valence-corrected chi connectivity index (χ2v) is 4.41. The molecule has 0 radical (unpaired) electrons. The lowest BCUT2D eigenvalue weighted by molar-refractivity contribution is -0.402. The third-order valence-electron chi connectivity index (χ3n) is 2.34. The SMILES string of the molecule is O=C(COc1cccc(Cl)c1)N/N=C\c1ccc([N+](=O)[O-])o1. The lowest BCUT2D eigenvalue weighted by Crippen LogP contribution is -2.24. The second-order valence-electron chi connectivity index (χ2n) is 3.97. The van der Waals surface area contributed by atoms with E-state index >= 15 is 0 Å². The van der Waals surface area contributed by atoms with Crippen LogP contribution in [0.15, 0.2) is 45.9 Å². The quantitative estimate of drug-likeness (QED) is 0.499. The molecular formula is C13H10ClN3O5. The van der Waals surface area contributed by atoms with Gasteiger partial charge in [-0.15, -0.1) is 0 Å². The largest absolute Gasteiger partial charge is 0.484 e. The second kappa shape index (κ2) is 7.23. The normalized spacial score (nSPS) is 10.6. The first-order valence-electron chi connectivity index (χ1n) is 5.99. The van der Waals surface area contributed by atoms with Gasteiger partial charge in [0.2, 0.25) is 0 Å². The third kappa shape index (κ3) is 4.60. The summed E-state index contributed by atoms with van der Waals surface area (Å²) in [4.78, 5) is 21.2. The van der Waals surface area contributed by atoms with Crippen LogP contribution in [0.1, 0.15) is 5.76 Å². The average Bonchev–Trinajstić information content (AvgIpc) is 2.94. The van der Waals surface area contributed by atoms with Gasteiger partial charge in [0, 0.05) is 5.02 Å². The predicted octanol–water partition coefficient (Wildman–Crippen LogP) is 2.37. The van der Waals surface area contributed by atoms with Crippen molar-refractivity contribution in [2.45, 2.75) is 0 Å². The standard InChI is InChI=1S/C13H10ClN3O5/c14-9-2-1-3-10(6-9)21-8-12(18)16-15-7-11-4-5-13(22-11)17(19)20/h1-7H,8H2,(H,16,18)/b15-7-. The van der Waals surface area contributed by atoms with Crippen LogP contribution in [0, 0.1) is 10.1 Å². The Morgan fingerprint density at radius 1 is 1.45 bits per heavy atom. The molecule has 1 aromatic carbocycles. The highest BCUT2D eigenvalue weighted by atomic mass is 35.5. The summed E-state index contributed by atoms with van der Waals surface area (Å²) in [6, 6.07) is 9.14. The van der Waals surface area contributed by atoms with E-state index in [1.54, 1.807) is 24.3 Å². The van der Waals surface area contributed by atoms with Crippen molar-refractivity contribution in [1.29, 1.82) is 0 Å². The van der Waals surface area contributed by atoms with E-state index in [0.29, 0.717) is 10.8 Å². The van der Waals surface area contributed by atoms with Crippen LogP contribution in [-0.2, 0) is 4.79 Å². The number of amides is 1. The van der Waals surface area contributed by atoms with E-state index in [1.165, 1.54) is 12.1 Å². The Balaban J connectivity index is 1.79. The Hall–Kier alpha value is -2.87. The highest BCUT2D eigenvalue weighted by Gasteiger charge is 2.10. The van der Waals surface area contributed by atoms with Crippen LogP contribution in [0.25, 0.3) is 0 Å². The number of nitrogens with one attached hydrogen (secondary N) is 1. The van der Waals surface area contributed by atoms with Crippen molar-refractivity contribution in [2.75, 3.05) is 6.61 Å². The fraction of sp³-hybridized carbons (Fsp3) is 0.0769. The lowest BCUT2D eigenvalue weighted by atomic mass is 10.3. The van der Waals surface area contributed by atoms with Crippen molar-refractivity contribution in [3.63, 3.8) is 0 Å². The van der Waals surface area contributed by atoms with Gasteiger partial charge in [-0.25, -0.2) is 5.43 Å². The fourth-order valence-corrected chi connectivity index (χ4v) is 1.60. The molecule has 0 bridgehead atoms. The first kappa shape index (κ1) is 15.5. The first-order chi connectivity index (χ1) is 10.5. The van der Waals surface area contributed by atoms with E-state index in [4.69, 9.17) is 20.8 Å². The van der Waals surface area contributed by atoms with Gasteiger partial charge in [-0.05, 0) is 24.3 Å². The Kier molecular flexibility index (Phi) is 5.10. The van der Waals surface area contributed by atoms with Gasteiger partial charge in [-0.3, -0.25) is 14.9 Å². The van der Waals surface area contributed by atoms with Crippen molar-refractivity contribution in [3.8, 4) is 5.75 Å². The molecule has 1 amide bonds. The number of rotatable bonds is 6. The number of hydrogen-bond acceptors (Lipinski definition) is 6. The number of carbonyl (C=O) groups excluding carboxylic acids is 1. The van der Waals surface area contributed by atoms with Crippen LogP contribution < -0.4 is 10.2 Å². The van der Waals surface area contributed by atoms with Crippen LogP contribution in [0.5, 0.6) is 5.75 Å². The molecule has 0 atom stereocenters. The summed E-state index contributed by atoms with van der Waals surface area (Å²) in [5.74, 6) is -0.314. The van der Waals surface area contributed by atoms with Crippen LogP contribution in [0.4, 0.5) is 5.88 Å². The molecule has 9 heteroatoms. The van der Waals surface area contributed by atoms with E-state index < -0.39 is 16.7 Å². The van der Waals surface area contributed by atoms with Crippen LogP contribution >= 0.6 is 11.6 Å². The molecule has 2 aromatic rings. The Labute approximate surface area is 129 Å². The maximum Gasteiger partial charge on any atom is 0.433 e. The smallest absolute Gasteiger partial charge is 0.433 e. The number of carbonyl (C=O) groups is 1. The molecule has 0 saturated carbocycles. The Morgan fingerprint density at radius 3 is 2.95 bits per heavy atom. The average molecular weight is 324 g/mol. The fourth-order valence-electron chi connectivity index (χ4n) is 1.42. The van der Waals surface area contributed by atoms with Crippen LogP contribution in [0.2, 0.25) is 5.02 Å². The highest BCUT2D eigenvalue weighted by Crippen LogP contribution is 2.16. The number of hydrogen-bond donors (Lipinski definition) is 1. The molecular weight excluding hydrogens is 314 g/mol. The number of halogens is 1. The zero-order valence-corrected chi connectivity index (χ0v) is 11.8. The van der Waals surface area contributed by atoms with E-state index in [-0.39, 0.29) is 12.4 Å². The zero-order chi connectivity index (χ0) is 15.9. The lowest BCUT2D eigenvalue weighted by Gasteiger charge is -2.04. The molecule has 0 fully saturated rings. The van der Waals surface area contributed by atoms with Crippen molar-refractivity contribution in [3.05, 3.63) is 57.3 Å². The van der Waals surface area contributed by atoms with Gasteiger partial charge in [-0.2, -0.15) is 5.10 Å². The van der Waals surface area contributed by atoms with Gasteiger partial charge in [-0.1, -0.05) is 17.7 Å². The molecule has 1 N–H and O–H groups in total. The van der Waals surface area contributed by atoms with Gasteiger partial charge < -0.3 is 9.15 Å². The maximum absolute atomic E-state index is 11.5. The summed E-state index contributed by atoms with van der Waals surface area (Å²) in [5.41, 5.74) is 2.20. The number of benzene rings is 1. The summed E-state index contributed by atoms with van der Waals surface area (Å²) in [5, 5.41) is 14.5. The van der Waals surface area contributed by atoms with Crippen molar-refractivity contribution >= 4 is 29.6 Å². The summed E-state index contributed by atoms with van der Waals surface area (Å²) in [6.45, 7) is -0.254. The zero-order valence-electron chi connectivity index (χ0n) is 11.1. The number of hydrazone groups is 1. The van der Waals surface area contributed by atoms with Crippen LogP contribution in [0.3, 0.4) is 0 Å². The predicted molar refractivity (Wildman–Crippen MR) is 78.0 cm³/mol. The van der Waals surface area contributed by atoms with Gasteiger partial charge in [0.15, 0.2) is 12.4 Å². The number of ether oxygens (including phenoxy) is 1. The summed E-state index contributed by atoms with van der Waals surface area (Å²) in [6.07, 6.45) is 1.14. The van der Waals surface area contributed by atoms with E-state index in [2.05, 4.69) is 10.5 Å². The minimum Gasteiger partial charge on any atom is -0.484 e. The molecule has 0 aliphatic carbocycles. The number of furan rings is 1. The molecule has 0 unspecified atom stereocenters. The van der Waals surface area contributed by atoms with Gasteiger partial charge >= 0.3 is 5.88 Å². The molecule has 8 nitrogen and oxygen atoms in total. The molecule has 0 spiro atoms. The van der Waals surface area contributed by atoms with Gasteiger partial charge in [0.25, 0.3) is 5.91 Å². The first-order valence-corrected chi connectivity index (χ1v) is 6.37. The molecule has 1 aromatic heterocycles. The van der Waals surface area contributed by atoms with Gasteiger partial charge in [0.05, 0.1) is 12.3 Å². The van der Waals surface area contributed by atoms with E-state index in [9.17, 15) is 14.9 Å². The molecule has 0 aliphatic rings. The molecule has 2 rings (SSSR count). The highest BCUT2D eigenvalue weighted by molar-refractivity contribution is 6.30. The molecule has 22 heavy (non-hydrogen) atoms. The van der Waals surface area contributed by atoms with Crippen molar-refractivity contribution < 1.29 is 18.9 Å². The summed E-state index contributed by atoms with van der Waals surface area (Å²) >= 11 is 5.77. The topological polar surface area (TPSA) is 107 Å². The van der Waals surface area contributed by atoms with Crippen molar-refractivity contribution in [2.24, 2.45) is 5.10 Å². The van der Waals surface area contributed by atoms with Crippen LogP contribution in [-0.4, -0.2) is 23.7 Å². The Bertz CT molecular complexity index is 713. The van der Waals surface area contributed by atoms with Gasteiger partial charge in [0.1, 0.15) is 10.7 Å². The third-order valence-corrected chi connectivity index (χ3v) is 2.57. The molecule has 1 heterocycles. The Morgan fingerprint density at radius 2 is 2.27 bits per heavy atom. The molecule has 0 aliphatic heterocycles. The molecule has 0 saturated heterocycles. The number of nitrogens with zero attached hydrogens (tertiary/aromatic N) is 2. The minimum absolute atomic E-state index is 0.141. The summed E-state index contributed by atoms with van der Waals surface area (Å²) in [7, 11) is 0. The monoisotopic (exact) mass is 323 g/mol. The van der Waals surface area contributed by atoms with E-state index in [0.717, 1.165) is 6.21 Å². The summed E-state index contributed by atoms with van der Waals surface area (Å²) < 4.78 is 10.0. The maximum atomic E-state index is 11.5. The minimum atomic E-state index is -0.672. The van der Waals surface area contributed by atoms with E-state index in [1.807, 2.05) is 0 Å². The van der Waals surface area contributed by atoms with Crippen molar-refractivity contribution in [1.82, 2.24) is 5.43 Å². The number of nitro groups is 1.